The van der Waals surface area contributed by atoms with Crippen molar-refractivity contribution in [3.63, 3.8) is 0 Å². The van der Waals surface area contributed by atoms with Crippen LogP contribution in [0.5, 0.6) is 0 Å². The largest absolute Gasteiger partial charge is 1.00 e. The van der Waals surface area contributed by atoms with Crippen LogP contribution in [-0.2, 0) is 0 Å². The van der Waals surface area contributed by atoms with Crippen molar-refractivity contribution in [2.45, 2.75) is 26.3 Å². The van der Waals surface area contributed by atoms with Gasteiger partial charge in [-0.15, -0.1) is 13.1 Å². The molecular formula is C9H17KN2. The number of nitrogens with zero attached hydrogens (tertiary/aromatic N) is 2. The van der Waals surface area contributed by atoms with Crippen LogP contribution >= 0.6 is 0 Å². The van der Waals surface area contributed by atoms with Crippen molar-refractivity contribution in [2.24, 2.45) is 5.41 Å². The van der Waals surface area contributed by atoms with Crippen molar-refractivity contribution in [2.75, 3.05) is 26.2 Å². The van der Waals surface area contributed by atoms with Crippen LogP contribution in [0, 0.1) is 5.41 Å². The van der Waals surface area contributed by atoms with Crippen LogP contribution in [0.4, 0.5) is 0 Å². The quantitative estimate of drug-likeness (QED) is 0.461. The van der Waals surface area contributed by atoms with Crippen LogP contribution in [0.2, 0.25) is 0 Å². The van der Waals surface area contributed by atoms with E-state index in [9.17, 15) is 0 Å². The minimum Gasteiger partial charge on any atom is -0.661 e. The second-order valence-corrected chi connectivity index (χ2v) is 4.35. The van der Waals surface area contributed by atoms with Crippen molar-refractivity contribution < 1.29 is 51.4 Å². The van der Waals surface area contributed by atoms with E-state index < -0.39 is 0 Å². The Balaban J connectivity index is 0.000000720. The van der Waals surface area contributed by atoms with Crippen LogP contribution in [-0.4, -0.2) is 37.1 Å². The third kappa shape index (κ3) is 2.14. The van der Waals surface area contributed by atoms with Gasteiger partial charge in [0.1, 0.15) is 0 Å². The smallest absolute Gasteiger partial charge is 0.661 e. The van der Waals surface area contributed by atoms with Crippen LogP contribution in [0.15, 0.2) is 0 Å². The summed E-state index contributed by atoms with van der Waals surface area (Å²) in [5.41, 5.74) is 0.629. The Morgan fingerprint density at radius 3 is 2.25 bits per heavy atom. The van der Waals surface area contributed by atoms with Gasteiger partial charge in [-0.05, 0) is 26.8 Å². The zero-order chi connectivity index (χ0) is 7.90. The van der Waals surface area contributed by atoms with E-state index in [0.29, 0.717) is 5.41 Å². The van der Waals surface area contributed by atoms with E-state index in [2.05, 4.69) is 24.1 Å². The number of hydrogen-bond donors (Lipinski definition) is 0. The number of likely N-dealkylation sites (tertiary alicyclic amines) is 1. The second-order valence-electron chi connectivity index (χ2n) is 4.35. The van der Waals surface area contributed by atoms with E-state index in [1.807, 2.05) is 0 Å². The molecule has 0 bridgehead atoms. The molecule has 2 fully saturated rings. The molecule has 0 N–H and O–H groups in total. The van der Waals surface area contributed by atoms with Gasteiger partial charge < -0.3 is 10.2 Å². The molecule has 0 aromatic rings. The van der Waals surface area contributed by atoms with Gasteiger partial charge >= 0.3 is 51.4 Å². The molecule has 2 saturated heterocycles. The molecule has 1 spiro atoms. The minimum absolute atomic E-state index is 0. The zero-order valence-corrected chi connectivity index (χ0v) is 11.6. The summed E-state index contributed by atoms with van der Waals surface area (Å²) < 4.78 is 0. The Bertz CT molecular complexity index is 155. The van der Waals surface area contributed by atoms with Crippen LogP contribution < -0.4 is 51.4 Å². The number of hydrogen-bond acceptors (Lipinski definition) is 1. The van der Waals surface area contributed by atoms with Crippen molar-refractivity contribution in [1.82, 2.24) is 4.90 Å². The van der Waals surface area contributed by atoms with E-state index >= 15 is 0 Å². The molecule has 12 heavy (non-hydrogen) atoms. The number of rotatable bonds is 1. The maximum absolute atomic E-state index is 4.32. The van der Waals surface area contributed by atoms with Gasteiger partial charge in [-0.25, -0.2) is 0 Å². The van der Waals surface area contributed by atoms with Gasteiger partial charge in [-0.3, -0.25) is 0 Å². The summed E-state index contributed by atoms with van der Waals surface area (Å²) in [6.07, 6.45) is 1.38. The van der Waals surface area contributed by atoms with Gasteiger partial charge in [0, 0.05) is 12.6 Å². The predicted octanol–water partition coefficient (Wildman–Crippen LogP) is -1.52. The molecule has 2 aliphatic heterocycles. The molecule has 0 aliphatic carbocycles. The first-order valence-corrected chi connectivity index (χ1v) is 4.59. The van der Waals surface area contributed by atoms with Gasteiger partial charge in [0.2, 0.25) is 0 Å². The SMILES string of the molecule is CC(C)N1CCC2(C[N-]C2)C1.[K+]. The fraction of sp³-hybridized carbons (Fsp3) is 1.00. The van der Waals surface area contributed by atoms with E-state index in [1.165, 1.54) is 19.5 Å². The van der Waals surface area contributed by atoms with Gasteiger partial charge in [0.25, 0.3) is 0 Å². The second kappa shape index (κ2) is 4.38. The topological polar surface area (TPSA) is 17.3 Å². The minimum atomic E-state index is 0. The fourth-order valence-electron chi connectivity index (χ4n) is 2.10. The Hall–Kier alpha value is 1.56. The fourth-order valence-corrected chi connectivity index (χ4v) is 2.10. The molecule has 0 radical (unpaired) electrons. The van der Waals surface area contributed by atoms with Gasteiger partial charge in [-0.2, -0.15) is 0 Å². The van der Waals surface area contributed by atoms with E-state index in [-0.39, 0.29) is 51.4 Å². The van der Waals surface area contributed by atoms with Crippen LogP contribution in [0.1, 0.15) is 20.3 Å². The monoisotopic (exact) mass is 192 g/mol. The molecule has 0 saturated carbocycles. The Morgan fingerprint density at radius 2 is 2.00 bits per heavy atom. The molecule has 0 aromatic heterocycles. The first kappa shape index (κ1) is 11.6. The first-order valence-electron chi connectivity index (χ1n) is 4.59. The molecule has 2 rings (SSSR count). The third-order valence-corrected chi connectivity index (χ3v) is 3.09. The molecule has 0 amide bonds. The Kier molecular flexibility index (Phi) is 4.25. The molecular weight excluding hydrogens is 175 g/mol. The molecule has 2 aliphatic rings. The van der Waals surface area contributed by atoms with Crippen molar-refractivity contribution in [3.8, 4) is 0 Å². The molecule has 2 heterocycles. The average molecular weight is 192 g/mol. The van der Waals surface area contributed by atoms with Crippen LogP contribution in [0.3, 0.4) is 0 Å². The molecule has 0 aromatic carbocycles. The average Bonchev–Trinajstić information content (AvgIpc) is 2.28. The van der Waals surface area contributed by atoms with Crippen LogP contribution in [0.25, 0.3) is 5.32 Å². The van der Waals surface area contributed by atoms with Crippen molar-refractivity contribution in [3.05, 3.63) is 5.32 Å². The summed E-state index contributed by atoms with van der Waals surface area (Å²) in [6.45, 7) is 9.44. The van der Waals surface area contributed by atoms with E-state index in [4.69, 9.17) is 0 Å². The van der Waals surface area contributed by atoms with Gasteiger partial charge in [0.15, 0.2) is 0 Å². The van der Waals surface area contributed by atoms with Gasteiger partial charge in [-0.1, -0.05) is 5.41 Å². The first-order chi connectivity index (χ1) is 5.22. The summed E-state index contributed by atoms with van der Waals surface area (Å²) in [5.74, 6) is 0. The molecule has 3 heteroatoms. The maximum atomic E-state index is 4.32. The van der Waals surface area contributed by atoms with Gasteiger partial charge in [0.05, 0.1) is 0 Å². The zero-order valence-electron chi connectivity index (χ0n) is 8.51. The van der Waals surface area contributed by atoms with Crippen molar-refractivity contribution >= 4 is 0 Å². The summed E-state index contributed by atoms with van der Waals surface area (Å²) in [4.78, 5) is 2.58. The van der Waals surface area contributed by atoms with Crippen molar-refractivity contribution in [1.29, 1.82) is 0 Å². The maximum Gasteiger partial charge on any atom is 1.00 e. The summed E-state index contributed by atoms with van der Waals surface area (Å²) in [6, 6.07) is 0.731. The third-order valence-electron chi connectivity index (χ3n) is 3.09. The normalized spacial score (nSPS) is 27.2. The molecule has 2 nitrogen and oxygen atoms in total. The predicted molar refractivity (Wildman–Crippen MR) is 46.9 cm³/mol. The molecule has 64 valence electrons. The van der Waals surface area contributed by atoms with E-state index in [1.54, 1.807) is 0 Å². The molecule has 0 atom stereocenters. The summed E-state index contributed by atoms with van der Waals surface area (Å²) in [5, 5.41) is 4.32. The Morgan fingerprint density at radius 1 is 1.33 bits per heavy atom. The molecule has 0 unspecified atom stereocenters. The van der Waals surface area contributed by atoms with E-state index in [0.717, 1.165) is 19.1 Å². The Labute approximate surface area is 118 Å². The summed E-state index contributed by atoms with van der Waals surface area (Å²) in [7, 11) is 0. The summed E-state index contributed by atoms with van der Waals surface area (Å²) >= 11 is 0. The standard InChI is InChI=1S/C9H17N2.K/c1-8(2)11-4-3-9(7-11)5-10-6-9;/h8H,3-7H2,1-2H3;/q-1;+1.